The highest BCUT2D eigenvalue weighted by Gasteiger charge is 2.07. The first kappa shape index (κ1) is 15.4. The molecule has 0 aliphatic rings. The molecular formula is C13H13Cl2N3O. The maximum atomic E-state index is 11.6. The van der Waals surface area contributed by atoms with Gasteiger partial charge in [-0.1, -0.05) is 30.1 Å². The van der Waals surface area contributed by atoms with Gasteiger partial charge in [-0.3, -0.25) is 4.79 Å². The van der Waals surface area contributed by atoms with Crippen LogP contribution in [0.15, 0.2) is 30.0 Å². The van der Waals surface area contributed by atoms with Gasteiger partial charge in [0.1, 0.15) is 11.6 Å². The summed E-state index contributed by atoms with van der Waals surface area (Å²) in [6, 6.07) is 6.77. The highest BCUT2D eigenvalue weighted by atomic mass is 35.5. The summed E-state index contributed by atoms with van der Waals surface area (Å²) in [7, 11) is 0. The first-order valence-corrected chi connectivity index (χ1v) is 6.44. The highest BCUT2D eigenvalue weighted by Crippen LogP contribution is 2.25. The van der Waals surface area contributed by atoms with Crippen molar-refractivity contribution in [1.29, 1.82) is 5.26 Å². The van der Waals surface area contributed by atoms with Crippen LogP contribution in [0.25, 0.3) is 0 Å². The minimum atomic E-state index is -0.406. The zero-order valence-electron chi connectivity index (χ0n) is 10.3. The molecule has 0 saturated carbocycles. The fraction of sp³-hybridized carbons (Fsp3) is 0.231. The minimum Gasteiger partial charge on any atom is -0.360 e. The number of rotatable bonds is 5. The van der Waals surface area contributed by atoms with Crippen molar-refractivity contribution in [1.82, 2.24) is 5.32 Å². The van der Waals surface area contributed by atoms with Crippen LogP contribution in [0.2, 0.25) is 10.0 Å². The largest absolute Gasteiger partial charge is 0.360 e. The lowest BCUT2D eigenvalue weighted by Gasteiger charge is -2.05. The minimum absolute atomic E-state index is 0.000442. The van der Waals surface area contributed by atoms with Gasteiger partial charge in [0.15, 0.2) is 0 Å². The number of nitrogens with zero attached hydrogens (tertiary/aromatic N) is 1. The van der Waals surface area contributed by atoms with Crippen LogP contribution in [0.5, 0.6) is 0 Å². The molecule has 19 heavy (non-hydrogen) atoms. The summed E-state index contributed by atoms with van der Waals surface area (Å²) in [4.78, 5) is 11.6. The number of halogens is 2. The molecular weight excluding hydrogens is 285 g/mol. The van der Waals surface area contributed by atoms with E-state index in [1.54, 1.807) is 18.2 Å². The monoisotopic (exact) mass is 297 g/mol. The molecule has 6 heteroatoms. The number of nitrogens with one attached hydrogen (secondary N) is 2. The van der Waals surface area contributed by atoms with Gasteiger partial charge < -0.3 is 10.6 Å². The molecule has 0 heterocycles. The lowest BCUT2D eigenvalue weighted by atomic mass is 10.2. The molecule has 0 radical (unpaired) electrons. The number of benzene rings is 1. The first-order chi connectivity index (χ1) is 9.08. The van der Waals surface area contributed by atoms with Crippen LogP contribution >= 0.6 is 23.2 Å². The molecule has 0 aromatic heterocycles. The van der Waals surface area contributed by atoms with E-state index in [4.69, 9.17) is 28.5 Å². The SMILES string of the molecule is CCCNC(=O)/C(C#N)=C\Nc1ccc(Cl)c(Cl)c1. The van der Waals surface area contributed by atoms with Crippen molar-refractivity contribution in [2.45, 2.75) is 13.3 Å². The third-order valence-corrected chi connectivity index (χ3v) is 2.94. The zero-order chi connectivity index (χ0) is 14.3. The Kier molecular flexibility index (Phi) is 6.20. The normalized spacial score (nSPS) is 10.7. The Bertz CT molecular complexity index is 535. The molecule has 0 saturated heterocycles. The van der Waals surface area contributed by atoms with E-state index >= 15 is 0 Å². The maximum Gasteiger partial charge on any atom is 0.263 e. The molecule has 0 atom stereocenters. The molecule has 4 nitrogen and oxygen atoms in total. The summed E-state index contributed by atoms with van der Waals surface area (Å²) >= 11 is 11.6. The number of carbonyl (C=O) groups excluding carboxylic acids is 1. The topological polar surface area (TPSA) is 64.9 Å². The van der Waals surface area contributed by atoms with Crippen LogP contribution in [0.1, 0.15) is 13.3 Å². The zero-order valence-corrected chi connectivity index (χ0v) is 11.8. The van der Waals surface area contributed by atoms with Crippen LogP contribution in [0.4, 0.5) is 5.69 Å². The second kappa shape index (κ2) is 7.67. The molecule has 100 valence electrons. The average molecular weight is 298 g/mol. The van der Waals surface area contributed by atoms with E-state index in [0.29, 0.717) is 22.3 Å². The lowest BCUT2D eigenvalue weighted by Crippen LogP contribution is -2.25. The Morgan fingerprint density at radius 1 is 1.42 bits per heavy atom. The summed E-state index contributed by atoms with van der Waals surface area (Å²) < 4.78 is 0. The Labute approximate surface area is 122 Å². The molecule has 1 aromatic carbocycles. The molecule has 0 bridgehead atoms. The number of nitriles is 1. The van der Waals surface area contributed by atoms with Crippen molar-refractivity contribution < 1.29 is 4.79 Å². The van der Waals surface area contributed by atoms with E-state index in [0.717, 1.165) is 6.42 Å². The number of anilines is 1. The number of carbonyl (C=O) groups is 1. The van der Waals surface area contributed by atoms with E-state index in [-0.39, 0.29) is 5.57 Å². The van der Waals surface area contributed by atoms with E-state index in [1.165, 1.54) is 6.20 Å². The maximum absolute atomic E-state index is 11.6. The van der Waals surface area contributed by atoms with Crippen LogP contribution < -0.4 is 10.6 Å². The number of hydrogen-bond donors (Lipinski definition) is 2. The van der Waals surface area contributed by atoms with E-state index in [1.807, 2.05) is 13.0 Å². The summed E-state index contributed by atoms with van der Waals surface area (Å²) in [5.41, 5.74) is 0.643. The highest BCUT2D eigenvalue weighted by molar-refractivity contribution is 6.42. The van der Waals surface area contributed by atoms with Crippen molar-refractivity contribution >= 4 is 34.8 Å². The average Bonchev–Trinajstić information content (AvgIpc) is 2.41. The van der Waals surface area contributed by atoms with E-state index < -0.39 is 5.91 Å². The third kappa shape index (κ3) is 4.82. The summed E-state index contributed by atoms with van der Waals surface area (Å²) in [5.74, 6) is -0.406. The Morgan fingerprint density at radius 2 is 2.16 bits per heavy atom. The predicted octanol–water partition coefficient (Wildman–Crippen LogP) is 3.34. The molecule has 0 spiro atoms. The Hall–Kier alpha value is -1.70. The standard InChI is InChI=1S/C13H13Cl2N3O/c1-2-5-17-13(19)9(7-16)8-18-10-3-4-11(14)12(15)6-10/h3-4,6,8,18H,2,5H2,1H3,(H,17,19)/b9-8-. The van der Waals surface area contributed by atoms with Gasteiger partial charge in [-0.25, -0.2) is 0 Å². The van der Waals surface area contributed by atoms with Crippen molar-refractivity contribution in [3.8, 4) is 6.07 Å². The summed E-state index contributed by atoms with van der Waals surface area (Å²) in [6.07, 6.45) is 2.15. The van der Waals surface area contributed by atoms with Gasteiger partial charge in [-0.15, -0.1) is 0 Å². The summed E-state index contributed by atoms with van der Waals surface area (Å²) in [5, 5.41) is 15.2. The molecule has 0 fully saturated rings. The van der Waals surface area contributed by atoms with Gasteiger partial charge in [-0.05, 0) is 24.6 Å². The van der Waals surface area contributed by atoms with Gasteiger partial charge in [0, 0.05) is 18.4 Å². The van der Waals surface area contributed by atoms with Gasteiger partial charge in [0.2, 0.25) is 0 Å². The fourth-order valence-corrected chi connectivity index (χ4v) is 1.52. The quantitative estimate of drug-likeness (QED) is 0.647. The van der Waals surface area contributed by atoms with E-state index in [2.05, 4.69) is 10.6 Å². The first-order valence-electron chi connectivity index (χ1n) is 5.68. The smallest absolute Gasteiger partial charge is 0.263 e. The van der Waals surface area contributed by atoms with Crippen molar-refractivity contribution in [3.63, 3.8) is 0 Å². The van der Waals surface area contributed by atoms with Gasteiger partial charge in [0.05, 0.1) is 10.0 Å². The van der Waals surface area contributed by atoms with Crippen molar-refractivity contribution in [3.05, 3.63) is 40.0 Å². The van der Waals surface area contributed by atoms with Crippen LogP contribution in [0.3, 0.4) is 0 Å². The van der Waals surface area contributed by atoms with Crippen LogP contribution in [0, 0.1) is 11.3 Å². The third-order valence-electron chi connectivity index (χ3n) is 2.20. The summed E-state index contributed by atoms with van der Waals surface area (Å²) in [6.45, 7) is 2.47. The van der Waals surface area contributed by atoms with Gasteiger partial charge in [-0.2, -0.15) is 5.26 Å². The molecule has 1 rings (SSSR count). The molecule has 2 N–H and O–H groups in total. The second-order valence-electron chi connectivity index (χ2n) is 3.70. The van der Waals surface area contributed by atoms with E-state index in [9.17, 15) is 4.79 Å². The molecule has 0 unspecified atom stereocenters. The van der Waals surface area contributed by atoms with Crippen molar-refractivity contribution in [2.75, 3.05) is 11.9 Å². The van der Waals surface area contributed by atoms with Gasteiger partial charge >= 0.3 is 0 Å². The molecule has 1 aromatic rings. The Balaban J connectivity index is 2.74. The van der Waals surface area contributed by atoms with Crippen molar-refractivity contribution in [2.24, 2.45) is 0 Å². The number of hydrogen-bond acceptors (Lipinski definition) is 3. The number of amides is 1. The molecule has 0 aliphatic carbocycles. The van der Waals surface area contributed by atoms with Crippen LogP contribution in [-0.2, 0) is 4.79 Å². The van der Waals surface area contributed by atoms with Gasteiger partial charge in [0.25, 0.3) is 5.91 Å². The molecule has 1 amide bonds. The fourth-order valence-electron chi connectivity index (χ4n) is 1.22. The molecule has 0 aliphatic heterocycles. The van der Waals surface area contributed by atoms with Crippen LogP contribution in [-0.4, -0.2) is 12.5 Å². The second-order valence-corrected chi connectivity index (χ2v) is 4.51. The predicted molar refractivity (Wildman–Crippen MR) is 77.1 cm³/mol. The lowest BCUT2D eigenvalue weighted by molar-refractivity contribution is -0.117. The Morgan fingerprint density at radius 3 is 2.74 bits per heavy atom.